The Balaban J connectivity index is 0.00000625. The predicted molar refractivity (Wildman–Crippen MR) is 170 cm³/mol. The predicted octanol–water partition coefficient (Wildman–Crippen LogP) is 1.67. The van der Waals surface area contributed by atoms with E-state index in [1.165, 1.54) is 49.6 Å². The Morgan fingerprint density at radius 2 is 1.44 bits per heavy atom. The van der Waals surface area contributed by atoms with E-state index in [4.69, 9.17) is 4.74 Å². The van der Waals surface area contributed by atoms with E-state index in [9.17, 15) is 38.5 Å². The number of amides is 1. The van der Waals surface area contributed by atoms with Crippen LogP contribution in [0.15, 0.2) is 78.9 Å². The fraction of sp³-hybridized carbons (Fsp3) is 0.250. The van der Waals surface area contributed by atoms with Gasteiger partial charge in [-0.25, -0.2) is 13.6 Å². The normalized spacial score (nSPS) is 12.4. The van der Waals surface area contributed by atoms with Gasteiger partial charge in [0.05, 0.1) is 24.9 Å². The molecule has 0 saturated heterocycles. The van der Waals surface area contributed by atoms with Crippen LogP contribution >= 0.6 is 0 Å². The van der Waals surface area contributed by atoms with Crippen LogP contribution < -0.4 is 40.0 Å². The Bertz CT molecular complexity index is 1750. The van der Waals surface area contributed by atoms with Crippen molar-refractivity contribution in [1.82, 2.24) is 9.88 Å². The van der Waals surface area contributed by atoms with Gasteiger partial charge >= 0.3 is 35.5 Å². The molecule has 246 valence electrons. The smallest absolute Gasteiger partial charge is 0.550 e. The van der Waals surface area contributed by atoms with Crippen LogP contribution in [-0.2, 0) is 16.1 Å². The molecule has 0 fully saturated rings. The number of aliphatic carboxylic acids is 1. The van der Waals surface area contributed by atoms with Gasteiger partial charge in [-0.3, -0.25) is 4.79 Å². The molecule has 1 heterocycles. The molecule has 48 heavy (non-hydrogen) atoms. The molecule has 4 aromatic rings. The molecular weight excluding hydrogens is 633 g/mol. The van der Waals surface area contributed by atoms with Crippen LogP contribution in [0.4, 0.5) is 8.78 Å². The Kier molecular flexibility index (Phi) is 13.8. The first-order valence-corrected chi connectivity index (χ1v) is 14.9. The number of aliphatic hydroxyl groups excluding tert-OH is 2. The van der Waals surface area contributed by atoms with Crippen LogP contribution in [0, 0.1) is 11.6 Å². The summed E-state index contributed by atoms with van der Waals surface area (Å²) in [7, 11) is 1.28. The topological polar surface area (TPSA) is 141 Å². The molecule has 2 atom stereocenters. The molecule has 3 N–H and O–H groups in total. The van der Waals surface area contributed by atoms with Gasteiger partial charge in [0.25, 0.3) is 5.91 Å². The molecule has 9 nitrogen and oxygen atoms in total. The van der Waals surface area contributed by atoms with Crippen LogP contribution in [0.3, 0.4) is 0 Å². The SMILES string of the molecule is COC(=O)c1ccc(CNC(=O)c2c(-c3ccc(F)cc3)c(-c3ccc(F)cc3)c(/C=C/[C@@H](O)C[C@@H](O)CC(=O)[O-])n2C(C)C)cc1.[Na+]. The first kappa shape index (κ1) is 38.3. The fourth-order valence-corrected chi connectivity index (χ4v) is 5.32. The molecule has 0 unspecified atom stereocenters. The largest absolute Gasteiger partial charge is 1.00 e. The number of carboxylic acid groups (broad SMARTS) is 1. The van der Waals surface area contributed by atoms with Crippen molar-refractivity contribution in [1.29, 1.82) is 0 Å². The number of carbonyl (C=O) groups excluding carboxylic acids is 3. The van der Waals surface area contributed by atoms with Crippen LogP contribution in [0.1, 0.15) is 64.8 Å². The van der Waals surface area contributed by atoms with E-state index in [0.29, 0.717) is 39.1 Å². The van der Waals surface area contributed by atoms with E-state index in [0.717, 1.165) is 0 Å². The van der Waals surface area contributed by atoms with Crippen molar-refractivity contribution in [3.63, 3.8) is 0 Å². The standard InChI is InChI=1S/C36H36F2N2O7.Na/c1-21(2)40-30(17-16-28(41)18-29(42)19-31(43)44)32(23-8-12-26(37)13-9-23)33(24-10-14-27(38)15-11-24)34(40)35(45)39-20-22-4-6-25(7-5-22)36(46)47-3;/h4-17,21,28-29,41-42H,18-20H2,1-3H3,(H,39,45)(H,43,44);/q;+1/p-1/b17-16+;/t28-,29-;/m1./s1. The maximum atomic E-state index is 14.2. The molecule has 12 heteroatoms. The first-order valence-electron chi connectivity index (χ1n) is 14.9. The van der Waals surface area contributed by atoms with E-state index >= 15 is 0 Å². The minimum atomic E-state index is -1.46. The van der Waals surface area contributed by atoms with Crippen molar-refractivity contribution in [2.45, 2.75) is 51.5 Å². The number of esters is 1. The van der Waals surface area contributed by atoms with Crippen LogP contribution in [0.25, 0.3) is 28.3 Å². The number of halogens is 2. The maximum Gasteiger partial charge on any atom is 1.00 e. The second-order valence-corrected chi connectivity index (χ2v) is 11.2. The number of nitrogens with zero attached hydrogens (tertiary/aromatic N) is 1. The molecule has 4 rings (SSSR count). The molecule has 0 aliphatic heterocycles. The zero-order valence-corrected chi connectivity index (χ0v) is 29.1. The van der Waals surface area contributed by atoms with Crippen molar-refractivity contribution in [3.8, 4) is 22.3 Å². The van der Waals surface area contributed by atoms with Gasteiger partial charge < -0.3 is 34.7 Å². The monoisotopic (exact) mass is 668 g/mol. The zero-order chi connectivity index (χ0) is 34.2. The molecule has 0 aliphatic carbocycles. The van der Waals surface area contributed by atoms with Crippen LogP contribution in [0.5, 0.6) is 0 Å². The molecule has 0 radical (unpaired) electrons. The van der Waals surface area contributed by atoms with Crippen molar-refractivity contribution in [2.75, 3.05) is 7.11 Å². The van der Waals surface area contributed by atoms with E-state index in [1.54, 1.807) is 47.0 Å². The van der Waals surface area contributed by atoms with Gasteiger partial charge in [0.2, 0.25) is 0 Å². The van der Waals surface area contributed by atoms with E-state index in [-0.39, 0.29) is 54.3 Å². The summed E-state index contributed by atoms with van der Waals surface area (Å²) < 4.78 is 34.6. The summed E-state index contributed by atoms with van der Waals surface area (Å²) in [6.07, 6.45) is -0.626. The number of rotatable bonds is 13. The van der Waals surface area contributed by atoms with Crippen molar-refractivity contribution < 1.29 is 72.8 Å². The van der Waals surface area contributed by atoms with Gasteiger partial charge in [0.15, 0.2) is 0 Å². The number of hydrogen-bond donors (Lipinski definition) is 3. The third-order valence-corrected chi connectivity index (χ3v) is 7.46. The zero-order valence-electron chi connectivity index (χ0n) is 27.1. The van der Waals surface area contributed by atoms with Gasteiger partial charge in [-0.05, 0) is 73.0 Å². The molecule has 1 aromatic heterocycles. The Morgan fingerprint density at radius 3 is 1.94 bits per heavy atom. The van der Waals surface area contributed by atoms with Crippen molar-refractivity contribution >= 4 is 23.9 Å². The average molecular weight is 669 g/mol. The second-order valence-electron chi connectivity index (χ2n) is 11.2. The Morgan fingerprint density at radius 1 is 0.896 bits per heavy atom. The molecule has 1 amide bonds. The van der Waals surface area contributed by atoms with Gasteiger partial charge in [-0.2, -0.15) is 0 Å². The summed E-state index contributed by atoms with van der Waals surface area (Å²) in [5.41, 5.74) is 3.67. The molecule has 3 aromatic carbocycles. The van der Waals surface area contributed by atoms with Crippen molar-refractivity contribution in [2.24, 2.45) is 0 Å². The number of carbonyl (C=O) groups is 3. The maximum absolute atomic E-state index is 14.2. The summed E-state index contributed by atoms with van der Waals surface area (Å²) in [4.78, 5) is 36.9. The number of aliphatic hydroxyl groups is 2. The molecule has 0 saturated carbocycles. The summed E-state index contributed by atoms with van der Waals surface area (Å²) in [6, 6.07) is 17.4. The quantitative estimate of drug-likeness (QED) is 0.146. The van der Waals surface area contributed by atoms with Crippen molar-refractivity contribution in [3.05, 3.63) is 113 Å². The first-order chi connectivity index (χ1) is 22.4. The molecule has 0 spiro atoms. The second kappa shape index (κ2) is 17.3. The van der Waals surface area contributed by atoms with Crippen LogP contribution in [0.2, 0.25) is 0 Å². The summed E-state index contributed by atoms with van der Waals surface area (Å²) in [6.45, 7) is 3.80. The van der Waals surface area contributed by atoms with E-state index < -0.39 is 48.1 Å². The number of ether oxygens (including phenoxy) is 1. The third-order valence-electron chi connectivity index (χ3n) is 7.46. The Labute approximate surface area is 299 Å². The number of benzene rings is 3. The van der Waals surface area contributed by atoms with Gasteiger partial charge in [0.1, 0.15) is 17.3 Å². The molecule has 0 bridgehead atoms. The number of aromatic nitrogens is 1. The number of carboxylic acids is 1. The summed E-state index contributed by atoms with van der Waals surface area (Å²) >= 11 is 0. The molecule has 0 aliphatic rings. The summed E-state index contributed by atoms with van der Waals surface area (Å²) in [5.74, 6) is -3.40. The van der Waals surface area contributed by atoms with Crippen LogP contribution in [-0.4, -0.2) is 51.9 Å². The van der Waals surface area contributed by atoms with E-state index in [1.807, 2.05) is 13.8 Å². The summed E-state index contributed by atoms with van der Waals surface area (Å²) in [5, 5.41) is 34.5. The van der Waals surface area contributed by atoms with Gasteiger partial charge in [-0.1, -0.05) is 42.5 Å². The fourth-order valence-electron chi connectivity index (χ4n) is 5.32. The van der Waals surface area contributed by atoms with Gasteiger partial charge in [0, 0.05) is 48.2 Å². The number of hydrogen-bond acceptors (Lipinski definition) is 7. The molecular formula is C36H35F2N2NaO7. The third kappa shape index (κ3) is 9.48. The minimum Gasteiger partial charge on any atom is -0.550 e. The average Bonchev–Trinajstić information content (AvgIpc) is 3.38. The van der Waals surface area contributed by atoms with E-state index in [2.05, 4.69) is 5.32 Å². The minimum absolute atomic E-state index is 0. The Hall–Kier alpha value is -4.13. The number of nitrogens with one attached hydrogen (secondary N) is 1. The van der Waals surface area contributed by atoms with Gasteiger partial charge in [-0.15, -0.1) is 0 Å². The number of methoxy groups -OCH3 is 1.